The molecule has 1 saturated heterocycles. The molecule has 1 aromatic heterocycles. The molecule has 3 rings (SSSR count). The van der Waals surface area contributed by atoms with Crippen LogP contribution in [0.1, 0.15) is 25.8 Å². The van der Waals surface area contributed by atoms with Gasteiger partial charge in [0.15, 0.2) is 0 Å². The molecule has 3 nitrogen and oxygen atoms in total. The van der Waals surface area contributed by atoms with Crippen molar-refractivity contribution in [3.8, 4) is 0 Å². The summed E-state index contributed by atoms with van der Waals surface area (Å²) in [4.78, 5) is 9.46. The van der Waals surface area contributed by atoms with Gasteiger partial charge >= 0.3 is 6.18 Å². The second-order valence-corrected chi connectivity index (χ2v) is 7.25. The molecule has 0 saturated carbocycles. The van der Waals surface area contributed by atoms with Crippen molar-refractivity contribution in [3.05, 3.63) is 17.8 Å². The SMILES string of the molecule is CC(C)N1CCN2c3ncc(C(F)(F)F)cc3SCCC2C1. The lowest BCUT2D eigenvalue weighted by Gasteiger charge is -2.43. The summed E-state index contributed by atoms with van der Waals surface area (Å²) in [5.41, 5.74) is -0.655. The summed E-state index contributed by atoms with van der Waals surface area (Å²) in [6.07, 6.45) is -2.38. The first-order chi connectivity index (χ1) is 10.4. The van der Waals surface area contributed by atoms with Crippen molar-refractivity contribution >= 4 is 17.6 Å². The zero-order valence-corrected chi connectivity index (χ0v) is 13.5. The second-order valence-electron chi connectivity index (χ2n) is 6.12. The van der Waals surface area contributed by atoms with E-state index in [0.29, 0.717) is 17.0 Å². The Morgan fingerprint density at radius 1 is 1.32 bits per heavy atom. The monoisotopic (exact) mass is 331 g/mol. The summed E-state index contributed by atoms with van der Waals surface area (Å²) < 4.78 is 38.6. The number of anilines is 1. The van der Waals surface area contributed by atoms with E-state index in [2.05, 4.69) is 28.6 Å². The first-order valence-electron chi connectivity index (χ1n) is 7.57. The number of nitrogens with zero attached hydrogens (tertiary/aromatic N) is 3. The highest BCUT2D eigenvalue weighted by Crippen LogP contribution is 2.39. The number of hydrogen-bond acceptors (Lipinski definition) is 4. The van der Waals surface area contributed by atoms with Gasteiger partial charge in [-0.05, 0) is 26.3 Å². The summed E-state index contributed by atoms with van der Waals surface area (Å²) in [6.45, 7) is 7.09. The summed E-state index contributed by atoms with van der Waals surface area (Å²) in [5, 5.41) is 0. The number of thioether (sulfide) groups is 1. The normalized spacial score (nSPS) is 23.2. The summed E-state index contributed by atoms with van der Waals surface area (Å²) >= 11 is 1.49. The van der Waals surface area contributed by atoms with Crippen LogP contribution in [-0.4, -0.2) is 47.4 Å². The van der Waals surface area contributed by atoms with E-state index in [1.165, 1.54) is 17.8 Å². The van der Waals surface area contributed by atoms with Crippen molar-refractivity contribution in [1.82, 2.24) is 9.88 Å². The lowest BCUT2D eigenvalue weighted by Crippen LogP contribution is -2.55. The number of piperazine rings is 1. The highest BCUT2D eigenvalue weighted by atomic mass is 32.2. The van der Waals surface area contributed by atoms with E-state index in [1.807, 2.05) is 0 Å². The first-order valence-corrected chi connectivity index (χ1v) is 8.55. The van der Waals surface area contributed by atoms with Crippen LogP contribution in [0.4, 0.5) is 19.0 Å². The van der Waals surface area contributed by atoms with E-state index in [9.17, 15) is 13.2 Å². The van der Waals surface area contributed by atoms with E-state index in [-0.39, 0.29) is 0 Å². The maximum atomic E-state index is 12.9. The number of aromatic nitrogens is 1. The van der Waals surface area contributed by atoms with Gasteiger partial charge in [0.25, 0.3) is 0 Å². The van der Waals surface area contributed by atoms with Gasteiger partial charge in [-0.25, -0.2) is 4.98 Å². The Bertz CT molecular complexity index is 547. The average molecular weight is 331 g/mol. The standard InChI is InChI=1S/C15H20F3N3S/c1-10(2)20-4-5-21-12(9-20)3-6-22-13-7-11(15(16,17)18)8-19-14(13)21/h7-8,10,12H,3-6,9H2,1-2H3. The van der Waals surface area contributed by atoms with Gasteiger partial charge in [-0.3, -0.25) is 4.90 Å². The smallest absolute Gasteiger partial charge is 0.350 e. The van der Waals surface area contributed by atoms with Gasteiger partial charge in [-0.1, -0.05) is 0 Å². The molecule has 0 aliphatic carbocycles. The Morgan fingerprint density at radius 2 is 2.09 bits per heavy atom. The fourth-order valence-electron chi connectivity index (χ4n) is 3.09. The molecule has 2 aliphatic heterocycles. The summed E-state index contributed by atoms with van der Waals surface area (Å²) in [7, 11) is 0. The third kappa shape index (κ3) is 3.06. The highest BCUT2D eigenvalue weighted by Gasteiger charge is 2.35. The molecule has 0 bridgehead atoms. The fraction of sp³-hybridized carbons (Fsp3) is 0.667. The third-order valence-corrected chi connectivity index (χ3v) is 5.44. The van der Waals surface area contributed by atoms with Crippen LogP contribution in [0.2, 0.25) is 0 Å². The van der Waals surface area contributed by atoms with Crippen LogP contribution in [0.25, 0.3) is 0 Å². The van der Waals surface area contributed by atoms with Crippen LogP contribution in [-0.2, 0) is 6.18 Å². The molecule has 0 amide bonds. The van der Waals surface area contributed by atoms with E-state index in [1.54, 1.807) is 0 Å². The van der Waals surface area contributed by atoms with Gasteiger partial charge in [-0.15, -0.1) is 11.8 Å². The number of pyridine rings is 1. The molecule has 1 unspecified atom stereocenters. The molecule has 22 heavy (non-hydrogen) atoms. The van der Waals surface area contributed by atoms with Crippen LogP contribution in [0.5, 0.6) is 0 Å². The Hall–Kier alpha value is -0.950. The summed E-state index contributed by atoms with van der Waals surface area (Å²) in [6, 6.07) is 2.09. The molecule has 7 heteroatoms. The minimum atomic E-state index is -4.33. The van der Waals surface area contributed by atoms with E-state index >= 15 is 0 Å². The van der Waals surface area contributed by atoms with Crippen LogP contribution in [0, 0.1) is 0 Å². The molecule has 1 atom stereocenters. The highest BCUT2D eigenvalue weighted by molar-refractivity contribution is 7.99. The molecule has 0 aromatic carbocycles. The first kappa shape index (κ1) is 15.9. The lowest BCUT2D eigenvalue weighted by atomic mass is 10.1. The van der Waals surface area contributed by atoms with Crippen LogP contribution in [0.3, 0.4) is 0 Å². The molecular formula is C15H20F3N3S. The molecule has 0 spiro atoms. The molecule has 1 aromatic rings. The number of fused-ring (bicyclic) bond motifs is 3. The van der Waals surface area contributed by atoms with Crippen molar-refractivity contribution < 1.29 is 13.2 Å². The number of hydrogen-bond donors (Lipinski definition) is 0. The topological polar surface area (TPSA) is 19.4 Å². The number of rotatable bonds is 1. The maximum absolute atomic E-state index is 12.9. The van der Waals surface area contributed by atoms with Crippen molar-refractivity contribution in [2.45, 2.75) is 43.4 Å². The van der Waals surface area contributed by atoms with Crippen molar-refractivity contribution in [2.75, 3.05) is 30.3 Å². The van der Waals surface area contributed by atoms with Gasteiger partial charge in [0.1, 0.15) is 5.82 Å². The Labute approximate surface area is 132 Å². The molecule has 2 aliphatic rings. The van der Waals surface area contributed by atoms with Crippen molar-refractivity contribution in [3.63, 3.8) is 0 Å². The van der Waals surface area contributed by atoms with Gasteiger partial charge in [-0.2, -0.15) is 13.2 Å². The van der Waals surface area contributed by atoms with Crippen LogP contribution in [0.15, 0.2) is 17.2 Å². The second kappa shape index (κ2) is 5.92. The zero-order valence-electron chi connectivity index (χ0n) is 12.7. The third-order valence-electron chi connectivity index (χ3n) is 4.39. The quantitative estimate of drug-likeness (QED) is 0.784. The van der Waals surface area contributed by atoms with E-state index in [0.717, 1.165) is 43.8 Å². The Balaban J connectivity index is 1.89. The van der Waals surface area contributed by atoms with Gasteiger partial charge in [0.05, 0.1) is 10.5 Å². The molecule has 0 N–H and O–H groups in total. The van der Waals surface area contributed by atoms with Crippen molar-refractivity contribution in [2.24, 2.45) is 0 Å². The molecule has 1 fully saturated rings. The van der Waals surface area contributed by atoms with E-state index < -0.39 is 11.7 Å². The van der Waals surface area contributed by atoms with Gasteiger partial charge in [0.2, 0.25) is 0 Å². The molecular weight excluding hydrogens is 311 g/mol. The minimum Gasteiger partial charge on any atom is -0.350 e. The Morgan fingerprint density at radius 3 is 2.77 bits per heavy atom. The summed E-state index contributed by atoms with van der Waals surface area (Å²) in [5.74, 6) is 1.56. The number of halogens is 3. The lowest BCUT2D eigenvalue weighted by molar-refractivity contribution is -0.138. The predicted molar refractivity (Wildman–Crippen MR) is 82.4 cm³/mol. The fourth-order valence-corrected chi connectivity index (χ4v) is 4.21. The predicted octanol–water partition coefficient (Wildman–Crippen LogP) is 3.50. The van der Waals surface area contributed by atoms with Crippen LogP contribution < -0.4 is 4.90 Å². The van der Waals surface area contributed by atoms with E-state index in [4.69, 9.17) is 0 Å². The van der Waals surface area contributed by atoms with Gasteiger partial charge in [0, 0.05) is 43.7 Å². The average Bonchev–Trinajstić information content (AvgIpc) is 2.64. The number of alkyl halides is 3. The largest absolute Gasteiger partial charge is 0.417 e. The molecule has 3 heterocycles. The minimum absolute atomic E-state index is 0.342. The Kier molecular flexibility index (Phi) is 4.29. The van der Waals surface area contributed by atoms with Gasteiger partial charge < -0.3 is 4.90 Å². The zero-order chi connectivity index (χ0) is 15.9. The molecule has 0 radical (unpaired) electrons. The molecule has 122 valence electrons. The maximum Gasteiger partial charge on any atom is 0.417 e. The van der Waals surface area contributed by atoms with Crippen molar-refractivity contribution in [1.29, 1.82) is 0 Å². The van der Waals surface area contributed by atoms with Crippen LogP contribution >= 0.6 is 11.8 Å².